The van der Waals surface area contributed by atoms with Crippen molar-refractivity contribution in [2.75, 3.05) is 19.6 Å². The van der Waals surface area contributed by atoms with Crippen molar-refractivity contribution in [3.05, 3.63) is 28.7 Å². The summed E-state index contributed by atoms with van der Waals surface area (Å²) in [5.41, 5.74) is 5.70. The average molecular weight is 533 g/mol. The van der Waals surface area contributed by atoms with Crippen LogP contribution in [0.5, 0.6) is 0 Å². The zero-order valence-corrected chi connectivity index (χ0v) is 20.0. The highest BCUT2D eigenvalue weighted by Crippen LogP contribution is 2.23. The molecule has 0 aromatic heterocycles. The Bertz CT molecular complexity index is 905. The van der Waals surface area contributed by atoms with E-state index in [9.17, 15) is 22.8 Å². The smallest absolute Gasteiger partial charge is 0.342 e. The molecule has 1 aliphatic heterocycles. The summed E-state index contributed by atoms with van der Waals surface area (Å²) in [6.07, 6.45) is 1.72. The molecular formula is C20H29BrN4O6S. The Morgan fingerprint density at radius 3 is 2.53 bits per heavy atom. The highest BCUT2D eigenvalue weighted by molar-refractivity contribution is 9.10. The Kier molecular flexibility index (Phi) is 10.6. The molecule has 0 spiro atoms. The molecule has 0 bridgehead atoms. The van der Waals surface area contributed by atoms with E-state index in [-0.39, 0.29) is 28.2 Å². The number of hydrogen-bond donors (Lipinski definition) is 4. The zero-order chi connectivity index (χ0) is 23.6. The fraction of sp³-hybridized carbons (Fsp3) is 0.550. The molecule has 5 N–H and O–H groups in total. The van der Waals surface area contributed by atoms with E-state index in [1.807, 2.05) is 0 Å². The van der Waals surface area contributed by atoms with Gasteiger partial charge in [-0.1, -0.05) is 12.1 Å². The molecule has 1 heterocycles. The van der Waals surface area contributed by atoms with Crippen molar-refractivity contribution in [3.8, 4) is 0 Å². The fourth-order valence-corrected chi connectivity index (χ4v) is 5.10. The lowest BCUT2D eigenvalue weighted by Crippen LogP contribution is -2.44. The Balaban J connectivity index is 1.65. The summed E-state index contributed by atoms with van der Waals surface area (Å²) in [5.74, 6) is -1.13. The van der Waals surface area contributed by atoms with Crippen molar-refractivity contribution in [2.24, 2.45) is 11.7 Å². The van der Waals surface area contributed by atoms with E-state index in [4.69, 9.17) is 5.73 Å². The van der Waals surface area contributed by atoms with E-state index >= 15 is 0 Å². The molecule has 2 rings (SSSR count). The summed E-state index contributed by atoms with van der Waals surface area (Å²) in [6.45, 7) is 2.11. The highest BCUT2D eigenvalue weighted by Gasteiger charge is 2.24. The van der Waals surface area contributed by atoms with Crippen molar-refractivity contribution >= 4 is 43.8 Å². The largest absolute Gasteiger partial charge is 0.356 e. The van der Waals surface area contributed by atoms with Crippen molar-refractivity contribution < 1.29 is 27.0 Å². The number of carbonyl (C=O) groups is 3. The van der Waals surface area contributed by atoms with E-state index in [1.165, 1.54) is 18.2 Å². The lowest BCUT2D eigenvalue weighted by atomic mass is 9.93. The number of amides is 2. The Labute approximate surface area is 196 Å². The number of nitrogens with one attached hydrogen (secondary N) is 3. The second-order valence-electron chi connectivity index (χ2n) is 7.55. The summed E-state index contributed by atoms with van der Waals surface area (Å²) in [6, 6.07) is 5.89. The molecule has 1 fully saturated rings. The van der Waals surface area contributed by atoms with Crippen LogP contribution < -0.4 is 21.7 Å². The zero-order valence-electron chi connectivity index (χ0n) is 17.6. The number of halogens is 1. The van der Waals surface area contributed by atoms with E-state index in [1.54, 1.807) is 6.07 Å². The van der Waals surface area contributed by atoms with E-state index in [2.05, 4.69) is 36.1 Å². The molecule has 0 saturated carbocycles. The van der Waals surface area contributed by atoms with Crippen LogP contribution in [0.15, 0.2) is 33.6 Å². The van der Waals surface area contributed by atoms with Crippen LogP contribution in [0.4, 0.5) is 0 Å². The molecule has 1 aromatic carbocycles. The molecule has 1 unspecified atom stereocenters. The number of hydrogen-bond acceptors (Lipinski definition) is 8. The van der Waals surface area contributed by atoms with E-state index in [0.717, 1.165) is 32.4 Å². The monoisotopic (exact) mass is 532 g/mol. The maximum atomic E-state index is 12.2. The van der Waals surface area contributed by atoms with Crippen molar-refractivity contribution in [3.63, 3.8) is 0 Å². The van der Waals surface area contributed by atoms with Crippen LogP contribution in [-0.4, -0.2) is 52.0 Å². The van der Waals surface area contributed by atoms with Crippen molar-refractivity contribution in [1.82, 2.24) is 16.0 Å². The second kappa shape index (κ2) is 12.9. The molecule has 0 radical (unpaired) electrons. The molecule has 12 heteroatoms. The number of carbonyl (C=O) groups excluding carboxylic acids is 3. The van der Waals surface area contributed by atoms with Crippen LogP contribution in [0.25, 0.3) is 0 Å². The maximum Gasteiger partial charge on any atom is 0.342 e. The van der Waals surface area contributed by atoms with Gasteiger partial charge in [0.15, 0.2) is 0 Å². The van der Waals surface area contributed by atoms with Gasteiger partial charge in [0.05, 0.1) is 12.6 Å². The third kappa shape index (κ3) is 9.23. The number of benzene rings is 1. The number of rotatable bonds is 11. The quantitative estimate of drug-likeness (QED) is 0.240. The predicted molar refractivity (Wildman–Crippen MR) is 121 cm³/mol. The van der Waals surface area contributed by atoms with Crippen LogP contribution in [0.1, 0.15) is 38.5 Å². The standard InChI is InChI=1S/C20H29BrN4O6S/c21-15-3-1-2-4-16(15)32(29,30)31-20(28)13-17(22)25-19(27)9-12-24-18(26)6-5-14-7-10-23-11-8-14/h1-4,14,17,23H,5-13,22H2,(H,24,26)(H,25,27). The highest BCUT2D eigenvalue weighted by atomic mass is 79.9. The predicted octanol–water partition coefficient (Wildman–Crippen LogP) is 0.758. The first-order valence-corrected chi connectivity index (χ1v) is 12.6. The minimum atomic E-state index is -4.32. The van der Waals surface area contributed by atoms with Gasteiger partial charge < -0.3 is 25.9 Å². The lowest BCUT2D eigenvalue weighted by Gasteiger charge is -2.22. The first kappa shape index (κ1) is 26.2. The van der Waals surface area contributed by atoms with Crippen molar-refractivity contribution in [2.45, 2.75) is 49.6 Å². The molecule has 1 atom stereocenters. The first-order chi connectivity index (χ1) is 15.2. The third-order valence-corrected chi connectivity index (χ3v) is 7.21. The fourth-order valence-electron chi connectivity index (χ4n) is 3.27. The average Bonchev–Trinajstić information content (AvgIpc) is 2.72. The maximum absolute atomic E-state index is 12.2. The van der Waals surface area contributed by atoms with Gasteiger partial charge in [-0.3, -0.25) is 14.4 Å². The van der Waals surface area contributed by atoms with Gasteiger partial charge in [-0.25, -0.2) is 0 Å². The molecule has 2 amide bonds. The molecular weight excluding hydrogens is 504 g/mol. The van der Waals surface area contributed by atoms with E-state index < -0.39 is 34.6 Å². The minimum absolute atomic E-state index is 0.0168. The van der Waals surface area contributed by atoms with Crippen LogP contribution in [-0.2, 0) is 28.7 Å². The topological polar surface area (TPSA) is 157 Å². The Morgan fingerprint density at radius 1 is 1.16 bits per heavy atom. The van der Waals surface area contributed by atoms with Gasteiger partial charge in [0.1, 0.15) is 4.90 Å². The molecule has 32 heavy (non-hydrogen) atoms. The Morgan fingerprint density at radius 2 is 1.84 bits per heavy atom. The molecule has 10 nitrogen and oxygen atoms in total. The lowest BCUT2D eigenvalue weighted by molar-refractivity contribution is -0.134. The second-order valence-corrected chi connectivity index (χ2v) is 9.92. The van der Waals surface area contributed by atoms with Gasteiger partial charge >= 0.3 is 16.1 Å². The summed E-state index contributed by atoms with van der Waals surface area (Å²) in [4.78, 5) is 35.6. The molecule has 0 aliphatic carbocycles. The van der Waals surface area contributed by atoms with Crippen LogP contribution in [0.3, 0.4) is 0 Å². The Hall–Kier alpha value is -2.02. The van der Waals surface area contributed by atoms with Gasteiger partial charge in [-0.15, -0.1) is 0 Å². The number of nitrogens with two attached hydrogens (primary N) is 1. The molecule has 1 aliphatic rings. The van der Waals surface area contributed by atoms with Gasteiger partial charge in [0.25, 0.3) is 0 Å². The first-order valence-electron chi connectivity index (χ1n) is 10.4. The van der Waals surface area contributed by atoms with Crippen LogP contribution in [0, 0.1) is 5.92 Å². The summed E-state index contributed by atoms with van der Waals surface area (Å²) < 4.78 is 29.2. The van der Waals surface area contributed by atoms with E-state index in [0.29, 0.717) is 12.3 Å². The molecule has 178 valence electrons. The third-order valence-electron chi connectivity index (χ3n) is 4.95. The molecule has 1 saturated heterocycles. The normalized spacial score (nSPS) is 15.6. The minimum Gasteiger partial charge on any atom is -0.356 e. The summed E-state index contributed by atoms with van der Waals surface area (Å²) in [7, 11) is -4.32. The van der Waals surface area contributed by atoms with Gasteiger partial charge in [-0.2, -0.15) is 8.42 Å². The molecule has 1 aromatic rings. The van der Waals surface area contributed by atoms with Crippen molar-refractivity contribution in [1.29, 1.82) is 0 Å². The van der Waals surface area contributed by atoms with Gasteiger partial charge in [-0.05, 0) is 66.3 Å². The SMILES string of the molecule is NC(CC(=O)OS(=O)(=O)c1ccccc1Br)NC(=O)CCNC(=O)CCC1CCNCC1. The van der Waals surface area contributed by atoms with Crippen LogP contribution in [0.2, 0.25) is 0 Å². The number of piperidine rings is 1. The van der Waals surface area contributed by atoms with Gasteiger partial charge in [0.2, 0.25) is 11.8 Å². The summed E-state index contributed by atoms with van der Waals surface area (Å²) in [5, 5.41) is 8.35. The summed E-state index contributed by atoms with van der Waals surface area (Å²) >= 11 is 3.08. The van der Waals surface area contributed by atoms with Gasteiger partial charge in [0, 0.05) is 23.9 Å². The van der Waals surface area contributed by atoms with Crippen LogP contribution >= 0.6 is 15.9 Å².